The second-order valence-electron chi connectivity index (χ2n) is 4.29. The lowest BCUT2D eigenvalue weighted by molar-refractivity contribution is 0.477. The zero-order chi connectivity index (χ0) is 14.9. The lowest BCUT2D eigenvalue weighted by atomic mass is 10.2. The summed E-state index contributed by atoms with van der Waals surface area (Å²) in [7, 11) is -3.77. The fourth-order valence-electron chi connectivity index (χ4n) is 1.65. The molecule has 0 aliphatic heterocycles. The van der Waals surface area contributed by atoms with Gasteiger partial charge in [-0.25, -0.2) is 8.42 Å². The van der Waals surface area contributed by atoms with Gasteiger partial charge in [0.05, 0.1) is 16.3 Å². The third-order valence-electron chi connectivity index (χ3n) is 2.74. The smallest absolute Gasteiger partial charge is 0.261 e. The van der Waals surface area contributed by atoms with Crippen LogP contribution in [0, 0.1) is 6.92 Å². The van der Waals surface area contributed by atoms with Crippen molar-refractivity contribution in [2.75, 3.05) is 10.5 Å². The van der Waals surface area contributed by atoms with Gasteiger partial charge in [-0.15, -0.1) is 0 Å². The first-order valence-electron chi connectivity index (χ1n) is 5.67. The number of phenols is 1. The molecule has 0 saturated carbocycles. The van der Waals surface area contributed by atoms with Crippen molar-refractivity contribution in [3.05, 3.63) is 47.0 Å². The van der Waals surface area contributed by atoms with Crippen molar-refractivity contribution in [1.29, 1.82) is 0 Å². The van der Waals surface area contributed by atoms with Crippen molar-refractivity contribution < 1.29 is 13.5 Å². The van der Waals surface area contributed by atoms with Crippen molar-refractivity contribution in [2.24, 2.45) is 0 Å². The van der Waals surface area contributed by atoms with Gasteiger partial charge in [0.1, 0.15) is 5.75 Å². The predicted molar refractivity (Wildman–Crippen MR) is 79.5 cm³/mol. The van der Waals surface area contributed by atoms with Crippen molar-refractivity contribution in [2.45, 2.75) is 11.8 Å². The standard InChI is InChI=1S/C13H13ClN2O3S/c1-8-6-9(14)2-4-12(8)16-20(18,19)10-3-5-13(17)11(15)7-10/h2-7,16-17H,15H2,1H3. The Morgan fingerprint density at radius 3 is 2.50 bits per heavy atom. The van der Waals surface area contributed by atoms with E-state index < -0.39 is 10.0 Å². The molecule has 0 fully saturated rings. The number of aromatic hydroxyl groups is 1. The van der Waals surface area contributed by atoms with Crippen LogP contribution in [0.4, 0.5) is 11.4 Å². The summed E-state index contributed by atoms with van der Waals surface area (Å²) in [5.74, 6) is -0.161. The van der Waals surface area contributed by atoms with E-state index in [2.05, 4.69) is 4.72 Å². The van der Waals surface area contributed by atoms with E-state index in [9.17, 15) is 13.5 Å². The number of nitrogens with one attached hydrogen (secondary N) is 1. The van der Waals surface area contributed by atoms with Gasteiger partial charge in [-0.3, -0.25) is 4.72 Å². The van der Waals surface area contributed by atoms with Crippen LogP contribution in [0.3, 0.4) is 0 Å². The first-order valence-corrected chi connectivity index (χ1v) is 7.53. The van der Waals surface area contributed by atoms with Crippen LogP contribution in [0.5, 0.6) is 5.75 Å². The minimum absolute atomic E-state index is 0.000651. The highest BCUT2D eigenvalue weighted by atomic mass is 35.5. The topological polar surface area (TPSA) is 92.4 Å². The summed E-state index contributed by atoms with van der Waals surface area (Å²) in [6, 6.07) is 8.54. The summed E-state index contributed by atoms with van der Waals surface area (Å²) in [4.78, 5) is -0.0258. The maximum absolute atomic E-state index is 12.2. The summed E-state index contributed by atoms with van der Waals surface area (Å²) >= 11 is 5.82. The lowest BCUT2D eigenvalue weighted by Crippen LogP contribution is -2.14. The van der Waals surface area contributed by atoms with Crippen LogP contribution < -0.4 is 10.5 Å². The molecule has 0 radical (unpaired) electrons. The van der Waals surface area contributed by atoms with Gasteiger partial charge < -0.3 is 10.8 Å². The molecular weight excluding hydrogens is 300 g/mol. The van der Waals surface area contributed by atoms with Gasteiger partial charge in [0.2, 0.25) is 0 Å². The minimum Gasteiger partial charge on any atom is -0.506 e. The van der Waals surface area contributed by atoms with Crippen LogP contribution in [-0.2, 0) is 10.0 Å². The Labute approximate surface area is 122 Å². The summed E-state index contributed by atoms with van der Waals surface area (Å²) < 4.78 is 26.9. The normalized spacial score (nSPS) is 11.3. The number of aryl methyl sites for hydroxylation is 1. The SMILES string of the molecule is Cc1cc(Cl)ccc1NS(=O)(=O)c1ccc(O)c(N)c1. The molecule has 106 valence electrons. The monoisotopic (exact) mass is 312 g/mol. The zero-order valence-electron chi connectivity index (χ0n) is 10.6. The quantitative estimate of drug-likeness (QED) is 0.600. The van der Waals surface area contributed by atoms with E-state index in [4.69, 9.17) is 17.3 Å². The summed E-state index contributed by atoms with van der Waals surface area (Å²) in [5.41, 5.74) is 6.63. The Morgan fingerprint density at radius 2 is 1.90 bits per heavy atom. The molecule has 4 N–H and O–H groups in total. The highest BCUT2D eigenvalue weighted by molar-refractivity contribution is 7.92. The molecule has 0 bridgehead atoms. The molecule has 2 aromatic rings. The highest BCUT2D eigenvalue weighted by Gasteiger charge is 2.16. The zero-order valence-corrected chi connectivity index (χ0v) is 12.2. The fourth-order valence-corrected chi connectivity index (χ4v) is 3.04. The minimum atomic E-state index is -3.77. The van der Waals surface area contributed by atoms with Gasteiger partial charge in [-0.2, -0.15) is 0 Å². The van der Waals surface area contributed by atoms with Crippen LogP contribution in [0.15, 0.2) is 41.3 Å². The third-order valence-corrected chi connectivity index (χ3v) is 4.34. The van der Waals surface area contributed by atoms with Gasteiger partial charge in [0.15, 0.2) is 0 Å². The molecule has 7 heteroatoms. The molecule has 0 heterocycles. The molecule has 0 atom stereocenters. The van der Waals surface area contributed by atoms with E-state index in [0.29, 0.717) is 16.3 Å². The molecule has 20 heavy (non-hydrogen) atoms. The number of rotatable bonds is 3. The Bertz CT molecular complexity index is 760. The number of nitrogen functional groups attached to an aromatic ring is 1. The lowest BCUT2D eigenvalue weighted by Gasteiger charge is -2.11. The Morgan fingerprint density at radius 1 is 1.20 bits per heavy atom. The van der Waals surface area contributed by atoms with Crippen LogP contribution in [0.25, 0.3) is 0 Å². The van der Waals surface area contributed by atoms with Gasteiger partial charge in [-0.1, -0.05) is 11.6 Å². The molecule has 2 aromatic carbocycles. The molecule has 0 saturated heterocycles. The van der Waals surface area contributed by atoms with Crippen LogP contribution in [-0.4, -0.2) is 13.5 Å². The van der Waals surface area contributed by atoms with E-state index in [1.165, 1.54) is 18.2 Å². The number of sulfonamides is 1. The molecule has 0 spiro atoms. The highest BCUT2D eigenvalue weighted by Crippen LogP contribution is 2.26. The molecule has 0 unspecified atom stereocenters. The van der Waals surface area contributed by atoms with Crippen molar-refractivity contribution in [1.82, 2.24) is 0 Å². The number of nitrogens with two attached hydrogens (primary N) is 1. The molecule has 0 aromatic heterocycles. The van der Waals surface area contributed by atoms with E-state index in [0.717, 1.165) is 0 Å². The number of hydrogen-bond donors (Lipinski definition) is 3. The van der Waals surface area contributed by atoms with Gasteiger partial charge >= 0.3 is 0 Å². The number of phenolic OH excluding ortho intramolecular Hbond substituents is 1. The first kappa shape index (κ1) is 14.5. The second kappa shape index (κ2) is 5.22. The van der Waals surface area contributed by atoms with Crippen molar-refractivity contribution in [3.63, 3.8) is 0 Å². The van der Waals surface area contributed by atoms with Gasteiger partial charge in [0.25, 0.3) is 10.0 Å². The third kappa shape index (κ3) is 2.97. The average molecular weight is 313 g/mol. The van der Waals surface area contributed by atoms with Crippen LogP contribution in [0.1, 0.15) is 5.56 Å². The molecular formula is C13H13ClN2O3S. The largest absolute Gasteiger partial charge is 0.506 e. The van der Waals surface area contributed by atoms with Gasteiger partial charge in [0, 0.05) is 5.02 Å². The number of benzene rings is 2. The average Bonchev–Trinajstić information content (AvgIpc) is 2.36. The van der Waals surface area contributed by atoms with Crippen molar-refractivity contribution in [3.8, 4) is 5.75 Å². The maximum atomic E-state index is 12.2. The summed E-state index contributed by atoms with van der Waals surface area (Å²) in [6.45, 7) is 1.74. The molecule has 0 aliphatic rings. The molecule has 0 amide bonds. The Hall–Kier alpha value is -1.92. The van der Waals surface area contributed by atoms with Crippen LogP contribution >= 0.6 is 11.6 Å². The first-order chi connectivity index (χ1) is 9.29. The predicted octanol–water partition coefficient (Wildman–Crippen LogP) is 2.74. The van der Waals surface area contributed by atoms with Crippen LogP contribution in [0.2, 0.25) is 5.02 Å². The fraction of sp³-hybridized carbons (Fsp3) is 0.0769. The Kier molecular flexibility index (Phi) is 3.78. The summed E-state index contributed by atoms with van der Waals surface area (Å²) in [6.07, 6.45) is 0. The van der Waals surface area contributed by atoms with E-state index >= 15 is 0 Å². The van der Waals surface area contributed by atoms with E-state index in [1.807, 2.05) is 0 Å². The Balaban J connectivity index is 2.38. The molecule has 0 aliphatic carbocycles. The van der Waals surface area contributed by atoms with E-state index in [-0.39, 0.29) is 16.3 Å². The van der Waals surface area contributed by atoms with Crippen molar-refractivity contribution >= 4 is 33.0 Å². The maximum Gasteiger partial charge on any atom is 0.261 e. The van der Waals surface area contributed by atoms with Gasteiger partial charge in [-0.05, 0) is 48.9 Å². The number of anilines is 2. The van der Waals surface area contributed by atoms with E-state index in [1.54, 1.807) is 25.1 Å². The second-order valence-corrected chi connectivity index (χ2v) is 6.40. The number of hydrogen-bond acceptors (Lipinski definition) is 4. The summed E-state index contributed by atoms with van der Waals surface area (Å²) in [5, 5.41) is 9.85. The number of halogens is 1. The molecule has 5 nitrogen and oxygen atoms in total. The molecule has 2 rings (SSSR count).